The predicted molar refractivity (Wildman–Crippen MR) is 71.8 cm³/mol. The quantitative estimate of drug-likeness (QED) is 0.844. The summed E-state index contributed by atoms with van der Waals surface area (Å²) in [6, 6.07) is 0. The Labute approximate surface area is 110 Å². The van der Waals surface area contributed by atoms with E-state index in [-0.39, 0.29) is 10.8 Å². The summed E-state index contributed by atoms with van der Waals surface area (Å²) >= 11 is 0. The summed E-state index contributed by atoms with van der Waals surface area (Å²) < 4.78 is 5.89. The van der Waals surface area contributed by atoms with Crippen LogP contribution in [0.5, 0.6) is 0 Å². The highest BCUT2D eigenvalue weighted by atomic mass is 16.5. The van der Waals surface area contributed by atoms with Crippen LogP contribution in [0.1, 0.15) is 47.0 Å². The zero-order valence-electron chi connectivity index (χ0n) is 12.2. The van der Waals surface area contributed by atoms with Gasteiger partial charge in [0.05, 0.1) is 13.2 Å². The van der Waals surface area contributed by atoms with Gasteiger partial charge >= 0.3 is 6.09 Å². The average Bonchev–Trinajstić information content (AvgIpc) is 2.33. The van der Waals surface area contributed by atoms with Gasteiger partial charge < -0.3 is 14.7 Å². The van der Waals surface area contributed by atoms with Gasteiger partial charge in [0.2, 0.25) is 0 Å². The maximum Gasteiger partial charge on any atom is 0.407 e. The topological polar surface area (TPSA) is 49.8 Å². The predicted octanol–water partition coefficient (Wildman–Crippen LogP) is 3.22. The van der Waals surface area contributed by atoms with E-state index >= 15 is 0 Å². The monoisotopic (exact) mass is 257 g/mol. The molecular weight excluding hydrogens is 230 g/mol. The van der Waals surface area contributed by atoms with Gasteiger partial charge in [-0.15, -0.1) is 0 Å². The zero-order chi connectivity index (χ0) is 13.8. The molecule has 0 bridgehead atoms. The second-order valence-electron chi connectivity index (χ2n) is 6.00. The van der Waals surface area contributed by atoms with Crippen LogP contribution in [0.25, 0.3) is 0 Å². The van der Waals surface area contributed by atoms with Gasteiger partial charge in [-0.25, -0.2) is 4.79 Å². The van der Waals surface area contributed by atoms with Crippen molar-refractivity contribution in [3.8, 4) is 0 Å². The molecule has 1 aliphatic heterocycles. The van der Waals surface area contributed by atoms with E-state index in [1.807, 2.05) is 0 Å². The minimum atomic E-state index is -0.803. The molecule has 0 saturated carbocycles. The van der Waals surface area contributed by atoms with Gasteiger partial charge in [0.1, 0.15) is 0 Å². The Morgan fingerprint density at radius 1 is 1.17 bits per heavy atom. The van der Waals surface area contributed by atoms with Gasteiger partial charge in [0, 0.05) is 23.9 Å². The van der Waals surface area contributed by atoms with Crippen molar-refractivity contribution in [3.05, 3.63) is 0 Å². The third-order valence-electron chi connectivity index (χ3n) is 4.58. The molecule has 0 spiro atoms. The number of hydrogen-bond acceptors (Lipinski definition) is 2. The molecule has 0 aromatic heterocycles. The van der Waals surface area contributed by atoms with Crippen LogP contribution in [0.3, 0.4) is 0 Å². The minimum Gasteiger partial charge on any atom is -0.465 e. The lowest BCUT2D eigenvalue weighted by atomic mass is 9.80. The lowest BCUT2D eigenvalue weighted by Gasteiger charge is -2.43. The SMILES string of the molecule is CCC1(C)COCC(CC)(CC)CN(C(=O)O)C1. The molecule has 0 aliphatic carbocycles. The fourth-order valence-electron chi connectivity index (χ4n) is 2.55. The second kappa shape index (κ2) is 5.91. The maximum atomic E-state index is 11.4. The molecule has 18 heavy (non-hydrogen) atoms. The Morgan fingerprint density at radius 2 is 1.78 bits per heavy atom. The summed E-state index contributed by atoms with van der Waals surface area (Å²) in [4.78, 5) is 13.0. The summed E-state index contributed by atoms with van der Waals surface area (Å²) in [7, 11) is 0. The molecule has 1 amide bonds. The fraction of sp³-hybridized carbons (Fsp3) is 0.929. The molecule has 1 saturated heterocycles. The van der Waals surface area contributed by atoms with Gasteiger partial charge in [0.15, 0.2) is 0 Å². The van der Waals surface area contributed by atoms with Crippen LogP contribution in [0.4, 0.5) is 4.79 Å². The number of carboxylic acid groups (broad SMARTS) is 1. The Bertz CT molecular complexity index is 289. The van der Waals surface area contributed by atoms with Crippen molar-refractivity contribution in [3.63, 3.8) is 0 Å². The van der Waals surface area contributed by atoms with Crippen LogP contribution in [0, 0.1) is 10.8 Å². The first-order valence-corrected chi connectivity index (χ1v) is 6.96. The molecule has 1 N–H and O–H groups in total. The van der Waals surface area contributed by atoms with Crippen molar-refractivity contribution in [1.29, 1.82) is 0 Å². The molecule has 1 unspecified atom stereocenters. The molecule has 4 nitrogen and oxygen atoms in total. The van der Waals surface area contributed by atoms with E-state index in [0.717, 1.165) is 19.3 Å². The zero-order valence-corrected chi connectivity index (χ0v) is 12.2. The van der Waals surface area contributed by atoms with Crippen LogP contribution in [0.15, 0.2) is 0 Å². The van der Waals surface area contributed by atoms with E-state index in [4.69, 9.17) is 4.74 Å². The van der Waals surface area contributed by atoms with Crippen molar-refractivity contribution in [2.45, 2.75) is 47.0 Å². The molecule has 1 fully saturated rings. The second-order valence-corrected chi connectivity index (χ2v) is 6.00. The minimum absolute atomic E-state index is 0.0204. The summed E-state index contributed by atoms with van der Waals surface area (Å²) in [5.41, 5.74) is -0.0838. The third kappa shape index (κ3) is 3.37. The summed E-state index contributed by atoms with van der Waals surface area (Å²) in [5, 5.41) is 9.39. The molecule has 0 radical (unpaired) electrons. The number of carbonyl (C=O) groups is 1. The maximum absolute atomic E-state index is 11.4. The van der Waals surface area contributed by atoms with Gasteiger partial charge in [-0.2, -0.15) is 0 Å². The average molecular weight is 257 g/mol. The lowest BCUT2D eigenvalue weighted by Crippen LogP contribution is -2.50. The van der Waals surface area contributed by atoms with Crippen LogP contribution >= 0.6 is 0 Å². The Kier molecular flexibility index (Phi) is 5.02. The van der Waals surface area contributed by atoms with Gasteiger partial charge in [-0.1, -0.05) is 27.7 Å². The van der Waals surface area contributed by atoms with Gasteiger partial charge in [0.25, 0.3) is 0 Å². The first-order valence-electron chi connectivity index (χ1n) is 6.96. The summed E-state index contributed by atoms with van der Waals surface area (Å²) in [6.45, 7) is 10.9. The van der Waals surface area contributed by atoms with E-state index in [0.29, 0.717) is 26.3 Å². The van der Waals surface area contributed by atoms with Crippen molar-refractivity contribution in [2.24, 2.45) is 10.8 Å². The highest BCUT2D eigenvalue weighted by Gasteiger charge is 2.38. The number of ether oxygens (including phenoxy) is 1. The molecule has 1 aliphatic rings. The number of amides is 1. The largest absolute Gasteiger partial charge is 0.465 e. The summed E-state index contributed by atoms with van der Waals surface area (Å²) in [5.74, 6) is 0. The molecule has 0 aromatic rings. The highest BCUT2D eigenvalue weighted by molar-refractivity contribution is 5.65. The van der Waals surface area contributed by atoms with E-state index in [9.17, 15) is 9.90 Å². The molecule has 0 aromatic carbocycles. The molecule has 1 heterocycles. The van der Waals surface area contributed by atoms with Crippen LogP contribution in [-0.2, 0) is 4.74 Å². The molecule has 106 valence electrons. The van der Waals surface area contributed by atoms with Crippen LogP contribution in [0.2, 0.25) is 0 Å². The third-order valence-corrected chi connectivity index (χ3v) is 4.58. The Balaban J connectivity index is 2.91. The standard InChI is InChI=1S/C14H27NO3/c1-5-13(4)8-15(12(16)17)9-14(6-2,7-3)11-18-10-13/h5-11H2,1-4H3,(H,16,17). The number of hydrogen-bond donors (Lipinski definition) is 1. The van der Waals surface area contributed by atoms with Crippen LogP contribution < -0.4 is 0 Å². The smallest absolute Gasteiger partial charge is 0.407 e. The first kappa shape index (κ1) is 15.3. The lowest BCUT2D eigenvalue weighted by molar-refractivity contribution is -0.0568. The van der Waals surface area contributed by atoms with Crippen LogP contribution in [-0.4, -0.2) is 42.4 Å². The fourth-order valence-corrected chi connectivity index (χ4v) is 2.55. The van der Waals surface area contributed by atoms with Crippen molar-refractivity contribution in [1.82, 2.24) is 4.90 Å². The molecular formula is C14H27NO3. The van der Waals surface area contributed by atoms with E-state index < -0.39 is 6.09 Å². The summed E-state index contributed by atoms with van der Waals surface area (Å²) in [6.07, 6.45) is 2.04. The number of rotatable bonds is 3. The van der Waals surface area contributed by atoms with Crippen molar-refractivity contribution in [2.75, 3.05) is 26.3 Å². The van der Waals surface area contributed by atoms with E-state index in [1.165, 1.54) is 0 Å². The molecule has 4 heteroatoms. The normalized spacial score (nSPS) is 28.6. The first-order chi connectivity index (χ1) is 8.40. The van der Waals surface area contributed by atoms with Crippen molar-refractivity contribution >= 4 is 6.09 Å². The van der Waals surface area contributed by atoms with Gasteiger partial charge in [-0.3, -0.25) is 0 Å². The molecule has 1 rings (SSSR count). The molecule has 1 atom stereocenters. The van der Waals surface area contributed by atoms with E-state index in [1.54, 1.807) is 4.90 Å². The number of nitrogens with zero attached hydrogens (tertiary/aromatic N) is 1. The van der Waals surface area contributed by atoms with E-state index in [2.05, 4.69) is 27.7 Å². The Morgan fingerprint density at radius 3 is 2.22 bits per heavy atom. The highest BCUT2D eigenvalue weighted by Crippen LogP contribution is 2.34. The van der Waals surface area contributed by atoms with Crippen molar-refractivity contribution < 1.29 is 14.6 Å². The Hall–Kier alpha value is -0.770. The van der Waals surface area contributed by atoms with Gasteiger partial charge in [-0.05, 0) is 19.3 Å².